The maximum Gasteiger partial charge on any atom is 3.00 e. The minimum Gasteiger partial charge on any atom is -0.870 e. The smallest absolute Gasteiger partial charge is 0.870 e. The van der Waals surface area contributed by atoms with Crippen LogP contribution >= 0.6 is 0 Å². The molecule has 0 aromatic carbocycles. The molecule has 0 aliphatic heterocycles. The van der Waals surface area contributed by atoms with Crippen molar-refractivity contribution < 1.29 is 59.3 Å². The van der Waals surface area contributed by atoms with Crippen molar-refractivity contribution in [1.29, 1.82) is 0 Å². The molecule has 0 rings (SSSR count). The topological polar surface area (TPSA) is 191 Å². The fraction of sp³-hybridized carbons (Fsp3) is 1.00. The Hall–Kier alpha value is 0.212. The first-order chi connectivity index (χ1) is 4.63. The second-order valence-corrected chi connectivity index (χ2v) is 1.99. The van der Waals surface area contributed by atoms with Crippen LogP contribution in [0, 0.1) is 0 Å². The van der Waals surface area contributed by atoms with Crippen molar-refractivity contribution in [2.24, 2.45) is 0 Å². The van der Waals surface area contributed by atoms with E-state index in [9.17, 15) is 0 Å². The molecule has 0 bridgehead atoms. The summed E-state index contributed by atoms with van der Waals surface area (Å²) >= 11 is 0. The van der Waals surface area contributed by atoms with E-state index in [1.807, 2.05) is 0 Å². The quantitative estimate of drug-likeness (QED) is 0.341. The Kier molecular flexibility index (Phi) is 32.7. The Balaban J connectivity index is -0.0000000675. The molecule has 3 atom stereocenters. The average Bonchev–Trinajstić information content (AvgIpc) is 2.00. The molecule has 8 N–H and O–H groups in total. The maximum absolute atomic E-state index is 8.77. The molecule has 14 heavy (non-hydrogen) atoms. The van der Waals surface area contributed by atoms with Crippen molar-refractivity contribution in [1.82, 2.24) is 0 Å². The molecule has 0 amide bonds. The molecule has 0 fully saturated rings. The molecule has 0 saturated carbocycles. The first kappa shape index (κ1) is 29.2. The Morgan fingerprint density at radius 1 is 0.714 bits per heavy atom. The summed E-state index contributed by atoms with van der Waals surface area (Å²) < 4.78 is 0. The van der Waals surface area contributed by atoms with Gasteiger partial charge < -0.3 is 42.0 Å². The van der Waals surface area contributed by atoms with Crippen molar-refractivity contribution in [2.45, 2.75) is 18.3 Å². The van der Waals surface area contributed by atoms with Crippen LogP contribution in [-0.4, -0.2) is 73.5 Å². The van der Waals surface area contributed by atoms with E-state index in [-0.39, 0.29) is 33.8 Å². The van der Waals surface area contributed by atoms with Crippen molar-refractivity contribution in [3.05, 3.63) is 0 Å². The number of hydrogen-bond acceptors (Lipinski definition) is 8. The summed E-state index contributed by atoms with van der Waals surface area (Å²) in [7, 11) is 0. The van der Waals surface area contributed by atoms with Crippen LogP contribution in [0.4, 0.5) is 0 Å². The zero-order valence-corrected chi connectivity index (χ0v) is 8.41. The summed E-state index contributed by atoms with van der Waals surface area (Å²) in [6, 6.07) is 0. The summed E-state index contributed by atoms with van der Waals surface area (Å²) in [6.07, 6.45) is -4.29. The van der Waals surface area contributed by atoms with Crippen LogP contribution in [0.25, 0.3) is 0 Å². The molecule has 0 heterocycles. The van der Waals surface area contributed by atoms with Gasteiger partial charge in [0, 0.05) is 0 Å². The largest absolute Gasteiger partial charge is 3.00 e. The van der Waals surface area contributed by atoms with Crippen LogP contribution in [-0.2, 0) is 17.4 Å². The fourth-order valence-electron chi connectivity index (χ4n) is 0.472. The maximum atomic E-state index is 8.77. The van der Waals surface area contributed by atoms with Gasteiger partial charge in [-0.15, -0.1) is 0 Å². The average molecular weight is 255 g/mol. The van der Waals surface area contributed by atoms with Gasteiger partial charge in [-0.3, -0.25) is 0 Å². The molecular weight excluding hydrogens is 240 g/mol. The Morgan fingerprint density at radius 2 is 0.929 bits per heavy atom. The summed E-state index contributed by atoms with van der Waals surface area (Å²) in [5.74, 6) is 0. The predicted molar refractivity (Wildman–Crippen MR) is 38.0 cm³/mol. The molecule has 0 aromatic heterocycles. The molecule has 89 valence electrons. The molecule has 1 radical (unpaired) electrons. The molecule has 0 aliphatic rings. The van der Waals surface area contributed by atoms with E-state index in [4.69, 9.17) is 25.5 Å². The zero-order chi connectivity index (χ0) is 8.15. The molecule has 9 heteroatoms. The normalized spacial score (nSPS) is 14.4. The third kappa shape index (κ3) is 10.3. The monoisotopic (exact) mass is 255 g/mol. The van der Waals surface area contributed by atoms with Crippen molar-refractivity contribution in [2.75, 3.05) is 13.2 Å². The van der Waals surface area contributed by atoms with Crippen LogP contribution in [0.2, 0.25) is 0 Å². The zero-order valence-electron chi connectivity index (χ0n) is 7.13. The minimum atomic E-state index is -1.49. The standard InChI is InChI=1S/C5H12O5.Cr.3H2O/c6-1-3(8)5(10)4(9)2-7;;;;/h3-10H,1-2H2;;3*1H2/q;+3;;;/p-3/t3-,4+,5?;;;;. The van der Waals surface area contributed by atoms with E-state index in [0.29, 0.717) is 0 Å². The van der Waals surface area contributed by atoms with Crippen molar-refractivity contribution >= 4 is 0 Å². The second kappa shape index (κ2) is 15.7. The number of rotatable bonds is 4. The van der Waals surface area contributed by atoms with E-state index in [1.54, 1.807) is 0 Å². The van der Waals surface area contributed by atoms with Gasteiger partial charge in [-0.05, 0) is 0 Å². The van der Waals surface area contributed by atoms with Crippen LogP contribution in [0.3, 0.4) is 0 Å². The third-order valence-electron chi connectivity index (χ3n) is 1.16. The van der Waals surface area contributed by atoms with E-state index in [2.05, 4.69) is 0 Å². The van der Waals surface area contributed by atoms with Crippen LogP contribution in [0.1, 0.15) is 0 Å². The SMILES string of the molecule is OC[C@@H](O)C(O)[C@@H](O)CO.[Cr+3].[OH-].[OH-].[OH-]. The molecule has 0 aromatic rings. The molecule has 0 aliphatic carbocycles. The van der Waals surface area contributed by atoms with Gasteiger partial charge in [-0.2, -0.15) is 0 Å². The minimum absolute atomic E-state index is 0. The Morgan fingerprint density at radius 3 is 1.07 bits per heavy atom. The fourth-order valence-corrected chi connectivity index (χ4v) is 0.472. The van der Waals surface area contributed by atoms with Gasteiger partial charge in [0.2, 0.25) is 0 Å². The van der Waals surface area contributed by atoms with Gasteiger partial charge in [0.1, 0.15) is 18.3 Å². The van der Waals surface area contributed by atoms with E-state index in [1.165, 1.54) is 0 Å². The summed E-state index contributed by atoms with van der Waals surface area (Å²) in [4.78, 5) is 0. The first-order valence-corrected chi connectivity index (χ1v) is 2.89. The Bertz CT molecular complexity index is 83.8. The predicted octanol–water partition coefficient (Wildman–Crippen LogP) is -3.48. The Labute approximate surface area is 91.5 Å². The number of aliphatic hydroxyl groups is 5. The van der Waals surface area contributed by atoms with Crippen LogP contribution < -0.4 is 0 Å². The van der Waals surface area contributed by atoms with Gasteiger partial charge in [0.25, 0.3) is 0 Å². The summed E-state index contributed by atoms with van der Waals surface area (Å²) in [5.41, 5.74) is 0. The van der Waals surface area contributed by atoms with Gasteiger partial charge in [-0.25, -0.2) is 0 Å². The second-order valence-electron chi connectivity index (χ2n) is 1.99. The van der Waals surface area contributed by atoms with E-state index >= 15 is 0 Å². The van der Waals surface area contributed by atoms with E-state index < -0.39 is 31.5 Å². The first-order valence-electron chi connectivity index (χ1n) is 2.89. The van der Waals surface area contributed by atoms with Crippen molar-refractivity contribution in [3.63, 3.8) is 0 Å². The molecule has 8 nitrogen and oxygen atoms in total. The molecule has 0 saturated heterocycles. The molecule has 1 unspecified atom stereocenters. The molecular formula is C5H15CrO8. The van der Waals surface area contributed by atoms with Gasteiger partial charge in [-0.1, -0.05) is 0 Å². The van der Waals surface area contributed by atoms with Gasteiger partial charge in [0.15, 0.2) is 0 Å². The van der Waals surface area contributed by atoms with Gasteiger partial charge in [0.05, 0.1) is 13.2 Å². The van der Waals surface area contributed by atoms with Crippen LogP contribution in [0.15, 0.2) is 0 Å². The van der Waals surface area contributed by atoms with Crippen LogP contribution in [0.5, 0.6) is 0 Å². The van der Waals surface area contributed by atoms with Crippen molar-refractivity contribution in [3.8, 4) is 0 Å². The number of aliphatic hydroxyl groups excluding tert-OH is 5. The number of hydrogen-bond donors (Lipinski definition) is 5. The van der Waals surface area contributed by atoms with E-state index in [0.717, 1.165) is 0 Å². The summed E-state index contributed by atoms with van der Waals surface area (Å²) in [5, 5.41) is 42.6. The van der Waals surface area contributed by atoms with Gasteiger partial charge >= 0.3 is 17.4 Å². The third-order valence-corrected chi connectivity index (χ3v) is 1.16. The summed E-state index contributed by atoms with van der Waals surface area (Å²) in [6.45, 7) is -1.28. The molecule has 0 spiro atoms.